The van der Waals surface area contributed by atoms with Gasteiger partial charge in [0.05, 0.1) is 16.8 Å². The lowest BCUT2D eigenvalue weighted by Crippen LogP contribution is -2.42. The van der Waals surface area contributed by atoms with Gasteiger partial charge in [-0.05, 0) is 60.2 Å². The minimum absolute atomic E-state index is 0.202. The van der Waals surface area contributed by atoms with Gasteiger partial charge < -0.3 is 5.11 Å². The molecule has 2 heterocycles. The number of thiazole rings is 1. The highest BCUT2D eigenvalue weighted by atomic mass is 32.2. The molecule has 0 saturated carbocycles. The fourth-order valence-electron chi connectivity index (χ4n) is 3.95. The molecule has 1 aliphatic heterocycles. The average molecular weight is 471 g/mol. The van der Waals surface area contributed by atoms with Crippen LogP contribution in [0.1, 0.15) is 25.8 Å². The molecule has 168 valence electrons. The van der Waals surface area contributed by atoms with Crippen LogP contribution in [0.3, 0.4) is 0 Å². The van der Waals surface area contributed by atoms with E-state index in [0.29, 0.717) is 40.6 Å². The first-order chi connectivity index (χ1) is 15.3. The Labute approximate surface area is 192 Å². The summed E-state index contributed by atoms with van der Waals surface area (Å²) in [4.78, 5) is 4.83. The van der Waals surface area contributed by atoms with Gasteiger partial charge in [0.15, 0.2) is 0 Å². The normalized spacial score (nSPS) is 19.9. The van der Waals surface area contributed by atoms with E-state index < -0.39 is 10.0 Å². The van der Waals surface area contributed by atoms with E-state index in [-0.39, 0.29) is 5.75 Å². The van der Waals surface area contributed by atoms with Crippen LogP contribution in [-0.4, -0.2) is 42.1 Å². The maximum absolute atomic E-state index is 13.2. The molecule has 0 bridgehead atoms. The molecule has 0 aliphatic carbocycles. The van der Waals surface area contributed by atoms with Gasteiger partial charge >= 0.3 is 0 Å². The highest BCUT2D eigenvalue weighted by molar-refractivity contribution is 7.89. The quantitative estimate of drug-likeness (QED) is 0.405. The van der Waals surface area contributed by atoms with E-state index in [1.807, 2.05) is 11.4 Å². The Morgan fingerprint density at radius 1 is 1.16 bits per heavy atom. The van der Waals surface area contributed by atoms with Crippen molar-refractivity contribution >= 4 is 32.7 Å². The van der Waals surface area contributed by atoms with E-state index in [9.17, 15) is 13.5 Å². The summed E-state index contributed by atoms with van der Waals surface area (Å²) in [6, 6.07) is 13.7. The van der Waals surface area contributed by atoms with Crippen LogP contribution in [0.25, 0.3) is 11.3 Å². The molecular formula is C23H26N4O3S2. The van der Waals surface area contributed by atoms with Gasteiger partial charge in [0.25, 0.3) is 0 Å². The SMILES string of the molecule is CC1CC(C)CN(S(=O)(=O)c2cccc(-c3csc(NN=Cc4ccc(O)cc4)n3)c2)C1. The third-order valence-electron chi connectivity index (χ3n) is 5.37. The van der Waals surface area contributed by atoms with Gasteiger partial charge in [-0.1, -0.05) is 26.0 Å². The molecule has 1 aromatic heterocycles. The van der Waals surface area contributed by atoms with Crippen LogP contribution >= 0.6 is 11.3 Å². The third kappa shape index (κ3) is 5.17. The highest BCUT2D eigenvalue weighted by Crippen LogP contribution is 2.30. The molecule has 0 spiro atoms. The van der Waals surface area contributed by atoms with Gasteiger partial charge in [-0.25, -0.2) is 13.4 Å². The Balaban J connectivity index is 1.49. The second kappa shape index (κ2) is 9.40. The second-order valence-electron chi connectivity index (χ2n) is 8.30. The fraction of sp³-hybridized carbons (Fsp3) is 0.304. The number of nitrogens with zero attached hydrogens (tertiary/aromatic N) is 3. The van der Waals surface area contributed by atoms with Crippen molar-refractivity contribution in [2.24, 2.45) is 16.9 Å². The molecule has 0 amide bonds. The first-order valence-corrected chi connectivity index (χ1v) is 12.8. The maximum atomic E-state index is 13.2. The van der Waals surface area contributed by atoms with Crippen molar-refractivity contribution < 1.29 is 13.5 Å². The van der Waals surface area contributed by atoms with Crippen LogP contribution in [0, 0.1) is 11.8 Å². The van der Waals surface area contributed by atoms with E-state index >= 15 is 0 Å². The smallest absolute Gasteiger partial charge is 0.243 e. The monoisotopic (exact) mass is 470 g/mol. The van der Waals surface area contributed by atoms with Gasteiger partial charge in [-0.15, -0.1) is 11.3 Å². The van der Waals surface area contributed by atoms with Crippen molar-refractivity contribution in [3.63, 3.8) is 0 Å². The number of aromatic nitrogens is 1. The van der Waals surface area contributed by atoms with Gasteiger partial charge in [0.1, 0.15) is 5.75 Å². The highest BCUT2D eigenvalue weighted by Gasteiger charge is 2.31. The first kappa shape index (κ1) is 22.4. The molecule has 1 fully saturated rings. The summed E-state index contributed by atoms with van der Waals surface area (Å²) in [5, 5.41) is 16.0. The molecule has 32 heavy (non-hydrogen) atoms. The van der Waals surface area contributed by atoms with Crippen LogP contribution in [0.2, 0.25) is 0 Å². The predicted octanol–water partition coefficient (Wildman–Crippen LogP) is 4.63. The standard InChI is InChI=1S/C23H26N4O3S2/c1-16-10-17(2)14-27(13-16)32(29,30)21-5-3-4-19(11-21)22-15-31-23(25-22)26-24-12-18-6-8-20(28)9-7-18/h3-9,11-12,15-17,28H,10,13-14H2,1-2H3,(H,25,26). The minimum Gasteiger partial charge on any atom is -0.508 e. The number of hydrogen-bond acceptors (Lipinski definition) is 7. The van der Waals surface area contributed by atoms with Crippen LogP contribution in [0.4, 0.5) is 5.13 Å². The van der Waals surface area contributed by atoms with Gasteiger partial charge in [0, 0.05) is 24.0 Å². The largest absolute Gasteiger partial charge is 0.508 e. The Hall–Kier alpha value is -2.75. The summed E-state index contributed by atoms with van der Waals surface area (Å²) in [5.41, 5.74) is 5.17. The number of sulfonamides is 1. The number of nitrogens with one attached hydrogen (secondary N) is 1. The molecule has 4 rings (SSSR count). The third-order valence-corrected chi connectivity index (χ3v) is 7.95. The van der Waals surface area contributed by atoms with Gasteiger partial charge in [-0.2, -0.15) is 9.41 Å². The van der Waals surface area contributed by atoms with Crippen molar-refractivity contribution in [3.8, 4) is 17.0 Å². The van der Waals surface area contributed by atoms with Crippen LogP contribution in [0.5, 0.6) is 5.75 Å². The average Bonchev–Trinajstić information content (AvgIpc) is 3.23. The molecule has 1 saturated heterocycles. The van der Waals surface area contributed by atoms with Crippen LogP contribution in [-0.2, 0) is 10.0 Å². The second-order valence-corrected chi connectivity index (χ2v) is 11.1. The summed E-state index contributed by atoms with van der Waals surface area (Å²) in [7, 11) is -3.55. The number of aromatic hydroxyl groups is 1. The summed E-state index contributed by atoms with van der Waals surface area (Å²) >= 11 is 1.39. The number of hydrogen-bond donors (Lipinski definition) is 2. The van der Waals surface area contributed by atoms with E-state index in [2.05, 4.69) is 29.4 Å². The molecule has 0 radical (unpaired) electrons. The zero-order valence-electron chi connectivity index (χ0n) is 18.0. The Kier molecular flexibility index (Phi) is 6.59. The molecule has 2 N–H and O–H groups in total. The van der Waals surface area contributed by atoms with E-state index in [4.69, 9.17) is 0 Å². The summed E-state index contributed by atoms with van der Waals surface area (Å²) in [5.74, 6) is 0.908. The number of piperidine rings is 1. The van der Waals surface area contributed by atoms with Crippen molar-refractivity contribution in [1.29, 1.82) is 0 Å². The van der Waals surface area contributed by atoms with E-state index in [0.717, 1.165) is 17.5 Å². The number of phenolic OH excluding ortho intramolecular Hbond substituents is 1. The van der Waals surface area contributed by atoms with Gasteiger partial charge in [-0.3, -0.25) is 5.43 Å². The molecule has 7 nitrogen and oxygen atoms in total. The maximum Gasteiger partial charge on any atom is 0.243 e. The van der Waals surface area contributed by atoms with Crippen molar-refractivity contribution in [2.75, 3.05) is 18.5 Å². The lowest BCUT2D eigenvalue weighted by Gasteiger charge is -2.34. The summed E-state index contributed by atoms with van der Waals surface area (Å²) < 4.78 is 28.1. The molecule has 2 unspecified atom stereocenters. The summed E-state index contributed by atoms with van der Waals surface area (Å²) in [6.45, 7) is 5.31. The molecular weight excluding hydrogens is 444 g/mol. The molecule has 2 aromatic carbocycles. The van der Waals surface area contributed by atoms with E-state index in [1.165, 1.54) is 11.3 Å². The Bertz CT molecular complexity index is 1200. The topological polar surface area (TPSA) is 94.9 Å². The Morgan fingerprint density at radius 2 is 1.88 bits per heavy atom. The lowest BCUT2D eigenvalue weighted by atomic mass is 9.94. The molecule has 3 aromatic rings. The van der Waals surface area contributed by atoms with Gasteiger partial charge in [0.2, 0.25) is 15.2 Å². The minimum atomic E-state index is -3.55. The Morgan fingerprint density at radius 3 is 2.59 bits per heavy atom. The van der Waals surface area contributed by atoms with Crippen molar-refractivity contribution in [3.05, 3.63) is 59.5 Å². The molecule has 1 aliphatic rings. The number of benzene rings is 2. The van der Waals surface area contributed by atoms with Crippen molar-refractivity contribution in [2.45, 2.75) is 25.2 Å². The molecule has 9 heteroatoms. The fourth-order valence-corrected chi connectivity index (χ4v) is 6.34. The zero-order chi connectivity index (χ0) is 22.7. The molecule has 2 atom stereocenters. The van der Waals surface area contributed by atoms with Crippen LogP contribution in [0.15, 0.2) is 63.9 Å². The number of hydrazone groups is 1. The number of anilines is 1. The number of rotatable bonds is 6. The number of phenols is 1. The zero-order valence-corrected chi connectivity index (χ0v) is 19.6. The predicted molar refractivity (Wildman–Crippen MR) is 129 cm³/mol. The lowest BCUT2D eigenvalue weighted by molar-refractivity contribution is 0.222. The van der Waals surface area contributed by atoms with Crippen LogP contribution < -0.4 is 5.43 Å². The van der Waals surface area contributed by atoms with Crippen molar-refractivity contribution in [1.82, 2.24) is 9.29 Å². The summed E-state index contributed by atoms with van der Waals surface area (Å²) in [6.07, 6.45) is 2.68. The first-order valence-electron chi connectivity index (χ1n) is 10.5. The van der Waals surface area contributed by atoms with E-state index in [1.54, 1.807) is 53.0 Å².